The van der Waals surface area contributed by atoms with Gasteiger partial charge >= 0.3 is 6.09 Å². The van der Waals surface area contributed by atoms with Crippen LogP contribution in [0.25, 0.3) is 0 Å². The number of fused-ring (bicyclic) bond motifs is 1. The van der Waals surface area contributed by atoms with E-state index in [0.29, 0.717) is 11.3 Å². The number of benzene rings is 1. The third-order valence-corrected chi connectivity index (χ3v) is 3.37. The van der Waals surface area contributed by atoms with Crippen LogP contribution in [-0.4, -0.2) is 36.5 Å². The largest absolute Gasteiger partial charge is 0.444 e. The Morgan fingerprint density at radius 2 is 1.96 bits per heavy atom. The number of carbonyl (C=O) groups is 2. The topological polar surface area (TPSA) is 58.6 Å². The molecule has 2 rings (SSSR count). The molecule has 0 saturated carbocycles. The van der Waals surface area contributed by atoms with Crippen LogP contribution >= 0.6 is 0 Å². The van der Waals surface area contributed by atoms with Crippen LogP contribution in [0.15, 0.2) is 30.0 Å². The first-order valence-electron chi connectivity index (χ1n) is 7.70. The van der Waals surface area contributed by atoms with Gasteiger partial charge in [0.1, 0.15) is 5.60 Å². The number of hydrogen-bond acceptors (Lipinski definition) is 4. The van der Waals surface area contributed by atoms with E-state index in [1.165, 1.54) is 0 Å². The van der Waals surface area contributed by atoms with Gasteiger partial charge in [-0.05, 0) is 51.3 Å². The van der Waals surface area contributed by atoms with E-state index in [2.05, 4.69) is 5.32 Å². The zero-order chi connectivity index (χ0) is 17.2. The SMILES string of the molecule is CN(C)C=C1CCc2ccc(NC(=O)OC(C)(C)C)cc2C1=O. The second kappa shape index (κ2) is 6.44. The van der Waals surface area contributed by atoms with Crippen molar-refractivity contribution in [3.63, 3.8) is 0 Å². The Hall–Kier alpha value is -2.30. The van der Waals surface area contributed by atoms with Gasteiger partial charge in [0.25, 0.3) is 0 Å². The molecule has 124 valence electrons. The van der Waals surface area contributed by atoms with Crippen LogP contribution in [0.4, 0.5) is 10.5 Å². The number of ketones is 1. The lowest BCUT2D eigenvalue weighted by Crippen LogP contribution is -2.27. The van der Waals surface area contributed by atoms with Crippen molar-refractivity contribution in [2.75, 3.05) is 19.4 Å². The second-order valence-corrected chi connectivity index (χ2v) is 6.95. The van der Waals surface area contributed by atoms with Crippen molar-refractivity contribution in [3.05, 3.63) is 41.1 Å². The zero-order valence-corrected chi connectivity index (χ0v) is 14.4. The maximum absolute atomic E-state index is 12.6. The lowest BCUT2D eigenvalue weighted by atomic mass is 9.87. The molecule has 1 amide bonds. The van der Waals surface area contributed by atoms with Crippen molar-refractivity contribution >= 4 is 17.6 Å². The number of amides is 1. The first-order valence-corrected chi connectivity index (χ1v) is 7.70. The summed E-state index contributed by atoms with van der Waals surface area (Å²) in [4.78, 5) is 26.3. The molecule has 0 atom stereocenters. The van der Waals surface area contributed by atoms with E-state index in [4.69, 9.17) is 4.74 Å². The number of rotatable bonds is 2. The van der Waals surface area contributed by atoms with Gasteiger partial charge in [-0.2, -0.15) is 0 Å². The number of nitrogens with one attached hydrogen (secondary N) is 1. The minimum atomic E-state index is -0.560. The second-order valence-electron chi connectivity index (χ2n) is 6.95. The zero-order valence-electron chi connectivity index (χ0n) is 14.4. The molecule has 0 radical (unpaired) electrons. The van der Waals surface area contributed by atoms with E-state index in [0.717, 1.165) is 24.0 Å². The summed E-state index contributed by atoms with van der Waals surface area (Å²) in [6.07, 6.45) is 2.90. The monoisotopic (exact) mass is 316 g/mol. The molecular weight excluding hydrogens is 292 g/mol. The molecule has 0 aromatic heterocycles. The van der Waals surface area contributed by atoms with Crippen LogP contribution in [0.5, 0.6) is 0 Å². The lowest BCUT2D eigenvalue weighted by molar-refractivity contribution is 0.0635. The van der Waals surface area contributed by atoms with Gasteiger partial charge in [-0.1, -0.05) is 6.07 Å². The van der Waals surface area contributed by atoms with Crippen molar-refractivity contribution in [1.82, 2.24) is 4.90 Å². The van der Waals surface area contributed by atoms with Gasteiger partial charge in [-0.15, -0.1) is 0 Å². The number of nitrogens with zero attached hydrogens (tertiary/aromatic N) is 1. The summed E-state index contributed by atoms with van der Waals surface area (Å²) in [6.45, 7) is 5.42. The minimum Gasteiger partial charge on any atom is -0.444 e. The standard InChI is InChI=1S/C18H24N2O3/c1-18(2,3)23-17(22)19-14-9-8-12-6-7-13(11-20(4)5)16(21)15(12)10-14/h8-11H,6-7H2,1-5H3,(H,19,22). The van der Waals surface area contributed by atoms with Crippen molar-refractivity contribution in [2.45, 2.75) is 39.2 Å². The first kappa shape index (κ1) is 17.1. The van der Waals surface area contributed by atoms with E-state index < -0.39 is 11.7 Å². The molecule has 5 heteroatoms. The third kappa shape index (κ3) is 4.58. The Kier molecular flexibility index (Phi) is 4.78. The summed E-state index contributed by atoms with van der Waals surface area (Å²) in [5, 5.41) is 2.68. The molecule has 1 aliphatic rings. The average molecular weight is 316 g/mol. The molecule has 0 aliphatic heterocycles. The molecule has 0 spiro atoms. The highest BCUT2D eigenvalue weighted by Gasteiger charge is 2.23. The van der Waals surface area contributed by atoms with Gasteiger partial charge in [-0.3, -0.25) is 10.1 Å². The maximum atomic E-state index is 12.6. The summed E-state index contributed by atoms with van der Waals surface area (Å²) in [7, 11) is 3.80. The van der Waals surface area contributed by atoms with E-state index in [1.807, 2.05) is 31.3 Å². The van der Waals surface area contributed by atoms with Crippen LogP contribution < -0.4 is 5.32 Å². The molecule has 0 bridgehead atoms. The summed E-state index contributed by atoms with van der Waals surface area (Å²) < 4.78 is 5.23. The van der Waals surface area contributed by atoms with Gasteiger partial charge in [0.2, 0.25) is 0 Å². The predicted octanol–water partition coefficient (Wildman–Crippen LogP) is 3.61. The normalized spacial score (nSPS) is 16.0. The van der Waals surface area contributed by atoms with Gasteiger partial charge in [-0.25, -0.2) is 4.79 Å². The Morgan fingerprint density at radius 3 is 2.57 bits per heavy atom. The number of anilines is 1. The molecular formula is C18H24N2O3. The van der Waals surface area contributed by atoms with Crippen molar-refractivity contribution < 1.29 is 14.3 Å². The quantitative estimate of drug-likeness (QED) is 0.847. The van der Waals surface area contributed by atoms with Gasteiger partial charge in [0.15, 0.2) is 5.78 Å². The average Bonchev–Trinajstić information content (AvgIpc) is 2.40. The number of aryl methyl sites for hydroxylation is 1. The van der Waals surface area contributed by atoms with E-state index in [1.54, 1.807) is 32.9 Å². The summed E-state index contributed by atoms with van der Waals surface area (Å²) in [6, 6.07) is 5.42. The first-order chi connectivity index (χ1) is 10.7. The minimum absolute atomic E-state index is 0.0211. The Bertz CT molecular complexity index is 655. The van der Waals surface area contributed by atoms with Crippen LogP contribution in [0.1, 0.15) is 43.1 Å². The van der Waals surface area contributed by atoms with E-state index in [-0.39, 0.29) is 5.78 Å². The van der Waals surface area contributed by atoms with Crippen molar-refractivity contribution in [3.8, 4) is 0 Å². The molecule has 0 fully saturated rings. The molecule has 0 heterocycles. The van der Waals surface area contributed by atoms with Crippen LogP contribution in [-0.2, 0) is 11.2 Å². The summed E-state index contributed by atoms with van der Waals surface area (Å²) in [5.41, 5.74) is 2.46. The fourth-order valence-electron chi connectivity index (χ4n) is 2.50. The van der Waals surface area contributed by atoms with E-state index in [9.17, 15) is 9.59 Å². The number of carbonyl (C=O) groups excluding carboxylic acids is 2. The Labute approximate surface area is 137 Å². The number of Topliss-reactive ketones (excluding diaryl/α,β-unsaturated/α-hetero) is 1. The van der Waals surface area contributed by atoms with Crippen molar-refractivity contribution in [2.24, 2.45) is 0 Å². The number of allylic oxidation sites excluding steroid dienone is 1. The maximum Gasteiger partial charge on any atom is 0.412 e. The molecule has 0 unspecified atom stereocenters. The van der Waals surface area contributed by atoms with Crippen LogP contribution in [0.3, 0.4) is 0 Å². The van der Waals surface area contributed by atoms with Gasteiger partial charge in [0.05, 0.1) is 0 Å². The fraction of sp³-hybridized carbons (Fsp3) is 0.444. The van der Waals surface area contributed by atoms with Crippen LogP contribution in [0, 0.1) is 0 Å². The summed E-state index contributed by atoms with van der Waals surface area (Å²) >= 11 is 0. The van der Waals surface area contributed by atoms with Gasteiger partial charge < -0.3 is 9.64 Å². The molecule has 1 aromatic rings. The van der Waals surface area contributed by atoms with Crippen LogP contribution in [0.2, 0.25) is 0 Å². The van der Waals surface area contributed by atoms with E-state index >= 15 is 0 Å². The highest BCUT2D eigenvalue weighted by molar-refractivity contribution is 6.11. The highest BCUT2D eigenvalue weighted by Crippen LogP contribution is 2.28. The Morgan fingerprint density at radius 1 is 1.26 bits per heavy atom. The Balaban J connectivity index is 2.21. The summed E-state index contributed by atoms with van der Waals surface area (Å²) in [5.74, 6) is 0.0211. The smallest absolute Gasteiger partial charge is 0.412 e. The lowest BCUT2D eigenvalue weighted by Gasteiger charge is -2.21. The molecule has 1 N–H and O–H groups in total. The molecule has 5 nitrogen and oxygen atoms in total. The predicted molar refractivity (Wildman–Crippen MR) is 90.7 cm³/mol. The molecule has 0 saturated heterocycles. The third-order valence-electron chi connectivity index (χ3n) is 3.37. The number of ether oxygens (including phenoxy) is 1. The molecule has 1 aliphatic carbocycles. The van der Waals surface area contributed by atoms with Gasteiger partial charge in [0, 0.05) is 37.1 Å². The fourth-order valence-corrected chi connectivity index (χ4v) is 2.50. The highest BCUT2D eigenvalue weighted by atomic mass is 16.6. The number of hydrogen-bond donors (Lipinski definition) is 1. The van der Waals surface area contributed by atoms with Crippen molar-refractivity contribution in [1.29, 1.82) is 0 Å². The molecule has 1 aromatic carbocycles. The molecule has 23 heavy (non-hydrogen) atoms.